The standard InChI is InChI=1S/C11H19N5O16P4/c1-27-33(19,20)30-35(23,24)32-36(25,26)31-34(21,22)28-2-5-7(17)8(18)11(29-5)16-4-15-6-9(12)13-3-14-10(6)16/h3-5,7-8,11,17-18H,2H2,1H3,(H,19,20)(H,21,22)(H,23,24)(H,25,26)(H2,12,13,14)/t5-,7-,8-,11-/m1/s1. The fourth-order valence-electron chi connectivity index (χ4n) is 2.80. The Morgan fingerprint density at radius 3 is 2.14 bits per heavy atom. The lowest BCUT2D eigenvalue weighted by molar-refractivity contribution is -0.0503. The molecule has 0 saturated carbocycles. The first-order valence-electron chi connectivity index (χ1n) is 9.06. The SMILES string of the molecule is COP(=O)(O)OP(=O)(O)OP(=O)(O)OP(=O)(O)OC[C@H]1O[C@@H](n2cnc3c(N)ncnc32)[C@H](O)[C@@H]1O. The maximum atomic E-state index is 12.0. The summed E-state index contributed by atoms with van der Waals surface area (Å²) in [5.74, 6) is 0.0162. The summed E-state index contributed by atoms with van der Waals surface area (Å²) in [7, 11) is -22.0. The molecule has 3 heterocycles. The van der Waals surface area contributed by atoms with Gasteiger partial charge in [-0.25, -0.2) is 33.2 Å². The van der Waals surface area contributed by atoms with E-state index in [0.29, 0.717) is 7.11 Å². The zero-order valence-electron chi connectivity index (χ0n) is 17.6. The van der Waals surface area contributed by atoms with Crippen LogP contribution in [0.25, 0.3) is 11.2 Å². The molecule has 25 heteroatoms. The van der Waals surface area contributed by atoms with Crippen LogP contribution in [-0.2, 0) is 45.0 Å². The lowest BCUT2D eigenvalue weighted by Crippen LogP contribution is -2.33. The van der Waals surface area contributed by atoms with E-state index in [1.54, 1.807) is 0 Å². The second-order valence-electron chi connectivity index (χ2n) is 6.73. The lowest BCUT2D eigenvalue weighted by atomic mass is 10.1. The first-order valence-corrected chi connectivity index (χ1v) is 15.0. The number of aliphatic hydroxyl groups excluding tert-OH is 2. The van der Waals surface area contributed by atoms with Crippen LogP contribution < -0.4 is 5.73 Å². The van der Waals surface area contributed by atoms with Gasteiger partial charge in [0.25, 0.3) is 0 Å². The third-order valence-electron chi connectivity index (χ3n) is 4.25. The topological polar surface area (TPSA) is 315 Å². The third kappa shape index (κ3) is 7.00. The van der Waals surface area contributed by atoms with Gasteiger partial charge in [0, 0.05) is 7.11 Å². The van der Waals surface area contributed by atoms with E-state index in [1.165, 1.54) is 10.9 Å². The summed E-state index contributed by atoms with van der Waals surface area (Å²) in [5.41, 5.74) is 5.95. The number of phosphoric ester groups is 2. The van der Waals surface area contributed by atoms with E-state index in [-0.39, 0.29) is 17.0 Å². The average molecular weight is 601 g/mol. The van der Waals surface area contributed by atoms with Crippen LogP contribution in [0.4, 0.5) is 5.82 Å². The number of aromatic nitrogens is 4. The van der Waals surface area contributed by atoms with Crippen LogP contribution in [0.15, 0.2) is 12.7 Å². The van der Waals surface area contributed by atoms with Crippen LogP contribution in [0.2, 0.25) is 0 Å². The first-order chi connectivity index (χ1) is 16.5. The molecule has 3 rings (SSSR count). The second-order valence-corrected chi connectivity index (χ2v) is 13.1. The Labute approximate surface area is 199 Å². The Hall–Kier alpha value is -1.21. The fourth-order valence-corrected chi connectivity index (χ4v) is 7.49. The highest BCUT2D eigenvalue weighted by atomic mass is 31.3. The number of anilines is 1. The molecule has 0 aliphatic carbocycles. The largest absolute Gasteiger partial charge is 0.490 e. The quantitative estimate of drug-likeness (QED) is 0.154. The summed E-state index contributed by atoms with van der Waals surface area (Å²) in [6.07, 6.45) is -3.98. The highest BCUT2D eigenvalue weighted by Gasteiger charge is 2.48. The van der Waals surface area contributed by atoms with Crippen LogP contribution in [0.5, 0.6) is 0 Å². The van der Waals surface area contributed by atoms with Crippen molar-refractivity contribution in [3.63, 3.8) is 0 Å². The van der Waals surface area contributed by atoms with E-state index in [4.69, 9.17) is 15.4 Å². The van der Waals surface area contributed by atoms with Gasteiger partial charge >= 0.3 is 31.3 Å². The molecule has 204 valence electrons. The zero-order chi connectivity index (χ0) is 27.1. The highest BCUT2D eigenvalue weighted by Crippen LogP contribution is 2.71. The lowest BCUT2D eigenvalue weighted by Gasteiger charge is -2.20. The number of nitrogen functional groups attached to an aromatic ring is 1. The molecule has 1 aliphatic rings. The molecular weight excluding hydrogens is 582 g/mol. The van der Waals surface area contributed by atoms with Crippen molar-refractivity contribution in [1.29, 1.82) is 0 Å². The number of hydrogen-bond acceptors (Lipinski definition) is 16. The minimum Gasteiger partial charge on any atom is -0.387 e. The van der Waals surface area contributed by atoms with Crippen molar-refractivity contribution in [3.05, 3.63) is 12.7 Å². The second kappa shape index (κ2) is 10.5. The van der Waals surface area contributed by atoms with E-state index in [0.717, 1.165) is 6.33 Å². The molecule has 8 N–H and O–H groups in total. The molecule has 1 saturated heterocycles. The van der Waals surface area contributed by atoms with Crippen molar-refractivity contribution >= 4 is 48.3 Å². The van der Waals surface area contributed by atoms with Crippen molar-refractivity contribution in [2.24, 2.45) is 0 Å². The van der Waals surface area contributed by atoms with Gasteiger partial charge in [0.1, 0.15) is 30.2 Å². The molecule has 21 nitrogen and oxygen atoms in total. The third-order valence-corrected chi connectivity index (χ3v) is 10.1. The van der Waals surface area contributed by atoms with Crippen LogP contribution in [-0.4, -0.2) is 81.3 Å². The Morgan fingerprint density at radius 1 is 0.944 bits per heavy atom. The Kier molecular flexibility index (Phi) is 8.57. The molecular formula is C11H19N5O16P4. The van der Waals surface area contributed by atoms with Gasteiger partial charge in [-0.2, -0.15) is 12.9 Å². The van der Waals surface area contributed by atoms with Crippen molar-refractivity contribution in [2.75, 3.05) is 19.5 Å². The predicted octanol–water partition coefficient (Wildman–Crippen LogP) is -0.858. The normalized spacial score (nSPS) is 29.3. The minimum atomic E-state index is -5.96. The number of ether oxygens (including phenoxy) is 1. The number of hydrogen-bond donors (Lipinski definition) is 7. The zero-order valence-corrected chi connectivity index (χ0v) is 21.2. The molecule has 0 aromatic carbocycles. The van der Waals surface area contributed by atoms with Gasteiger partial charge in [0.2, 0.25) is 0 Å². The number of nitrogens with zero attached hydrogens (tertiary/aromatic N) is 4. The predicted molar refractivity (Wildman–Crippen MR) is 111 cm³/mol. The number of rotatable bonds is 11. The molecule has 1 aliphatic heterocycles. The van der Waals surface area contributed by atoms with E-state index in [9.17, 15) is 43.2 Å². The maximum Gasteiger partial charge on any atom is 0.490 e. The van der Waals surface area contributed by atoms with Crippen LogP contribution in [0, 0.1) is 0 Å². The van der Waals surface area contributed by atoms with Crippen molar-refractivity contribution in [2.45, 2.75) is 24.5 Å². The van der Waals surface area contributed by atoms with Gasteiger partial charge in [-0.3, -0.25) is 13.6 Å². The Bertz CT molecular complexity index is 1300. The molecule has 2 aromatic rings. The smallest absolute Gasteiger partial charge is 0.387 e. The number of phosphoric acid groups is 4. The molecule has 8 atom stereocenters. The van der Waals surface area contributed by atoms with Gasteiger partial charge in [0.05, 0.1) is 12.9 Å². The van der Waals surface area contributed by atoms with E-state index >= 15 is 0 Å². The van der Waals surface area contributed by atoms with E-state index in [1.807, 2.05) is 0 Å². The van der Waals surface area contributed by atoms with Crippen LogP contribution in [0.1, 0.15) is 6.23 Å². The summed E-state index contributed by atoms with van der Waals surface area (Å²) in [6.45, 7) is -1.03. The van der Waals surface area contributed by atoms with Crippen molar-refractivity contribution < 1.29 is 74.8 Å². The molecule has 0 spiro atoms. The average Bonchev–Trinajstić information content (AvgIpc) is 3.26. The summed E-state index contributed by atoms with van der Waals surface area (Å²) in [6, 6.07) is 0. The van der Waals surface area contributed by atoms with Gasteiger partial charge in [-0.05, 0) is 0 Å². The van der Waals surface area contributed by atoms with Gasteiger partial charge in [-0.1, -0.05) is 0 Å². The number of nitrogens with two attached hydrogens (primary N) is 1. The molecule has 4 unspecified atom stereocenters. The van der Waals surface area contributed by atoms with E-state index in [2.05, 4.69) is 36.9 Å². The Balaban J connectivity index is 1.65. The Morgan fingerprint density at radius 2 is 1.53 bits per heavy atom. The molecule has 0 radical (unpaired) electrons. The monoisotopic (exact) mass is 601 g/mol. The highest BCUT2D eigenvalue weighted by molar-refractivity contribution is 7.69. The van der Waals surface area contributed by atoms with Crippen LogP contribution >= 0.6 is 31.3 Å². The van der Waals surface area contributed by atoms with Crippen molar-refractivity contribution in [1.82, 2.24) is 19.5 Å². The fraction of sp³-hybridized carbons (Fsp3) is 0.545. The molecule has 2 aromatic heterocycles. The molecule has 0 bridgehead atoms. The summed E-state index contributed by atoms with van der Waals surface area (Å²) in [5, 5.41) is 20.6. The first kappa shape index (κ1) is 29.3. The number of fused-ring (bicyclic) bond motifs is 1. The van der Waals surface area contributed by atoms with Gasteiger partial charge < -0.3 is 40.3 Å². The van der Waals surface area contributed by atoms with Gasteiger partial charge in [-0.15, -0.1) is 0 Å². The molecule has 36 heavy (non-hydrogen) atoms. The summed E-state index contributed by atoms with van der Waals surface area (Å²) < 4.78 is 72.5. The maximum absolute atomic E-state index is 12.0. The summed E-state index contributed by atoms with van der Waals surface area (Å²) >= 11 is 0. The molecule has 0 amide bonds. The van der Waals surface area contributed by atoms with Crippen molar-refractivity contribution in [3.8, 4) is 0 Å². The minimum absolute atomic E-state index is 0.0162. The van der Waals surface area contributed by atoms with Gasteiger partial charge in [0.15, 0.2) is 17.7 Å². The number of aliphatic hydroxyl groups is 2. The number of imidazole rings is 1. The van der Waals surface area contributed by atoms with E-state index < -0.39 is 62.4 Å². The summed E-state index contributed by atoms with van der Waals surface area (Å²) in [4.78, 5) is 49.0. The molecule has 1 fully saturated rings. The van der Waals surface area contributed by atoms with Crippen LogP contribution in [0.3, 0.4) is 0 Å².